The van der Waals surface area contributed by atoms with Gasteiger partial charge in [0.15, 0.2) is 5.79 Å². The van der Waals surface area contributed by atoms with Crippen LogP contribution in [-0.2, 0) is 16.8 Å². The lowest BCUT2D eigenvalue weighted by atomic mass is 9.96. The summed E-state index contributed by atoms with van der Waals surface area (Å²) in [4.78, 5) is 0. The minimum Gasteiger partial charge on any atom is -0.772 e. The van der Waals surface area contributed by atoms with Crippen molar-refractivity contribution in [3.63, 3.8) is 0 Å². The summed E-state index contributed by atoms with van der Waals surface area (Å²) in [6, 6.07) is 13.8. The molecule has 0 amide bonds. The Morgan fingerprint density at radius 3 is 2.46 bits per heavy atom. The summed E-state index contributed by atoms with van der Waals surface area (Å²) < 4.78 is 21.9. The smallest absolute Gasteiger partial charge is 0.165 e. The predicted molar refractivity (Wildman–Crippen MR) is 106 cm³/mol. The van der Waals surface area contributed by atoms with Crippen molar-refractivity contribution in [3.8, 4) is 11.1 Å². The van der Waals surface area contributed by atoms with Crippen molar-refractivity contribution in [2.45, 2.75) is 11.5 Å². The summed E-state index contributed by atoms with van der Waals surface area (Å²) in [6.45, 7) is 0. The monoisotopic (exact) mass is 371 g/mol. The molecule has 26 heavy (non-hydrogen) atoms. The van der Waals surface area contributed by atoms with Crippen LogP contribution in [0.25, 0.3) is 16.8 Å². The Labute approximate surface area is 156 Å². The maximum Gasteiger partial charge on any atom is 0.165 e. The van der Waals surface area contributed by atoms with E-state index in [4.69, 9.17) is 0 Å². The Morgan fingerprint density at radius 1 is 1.08 bits per heavy atom. The van der Waals surface area contributed by atoms with Crippen molar-refractivity contribution in [1.29, 1.82) is 0 Å². The van der Waals surface area contributed by atoms with Gasteiger partial charge in [0.05, 0.1) is 0 Å². The van der Waals surface area contributed by atoms with Crippen LogP contribution in [0.3, 0.4) is 0 Å². The summed E-state index contributed by atoms with van der Waals surface area (Å²) in [5.74, 6) is -0.500. The molecule has 7 heteroatoms. The first-order chi connectivity index (χ1) is 12.5. The molecule has 2 aromatic rings. The third kappa shape index (κ3) is 3.66. The molecule has 0 saturated carbocycles. The molecule has 0 bridgehead atoms. The standard InChI is InChI=1S/C19H24N4O2S/c1-20-18-11-19(21-2,22-3)23-17-8-7-15(10-16(17)18)14-6-4-5-13(9-14)12-26(24)25/h4-11,20-23H,12H2,1-3H3,(H,24,25)/p-1. The van der Waals surface area contributed by atoms with Crippen LogP contribution in [0.15, 0.2) is 48.5 Å². The van der Waals surface area contributed by atoms with Gasteiger partial charge in [-0.25, -0.2) is 0 Å². The van der Waals surface area contributed by atoms with Gasteiger partial charge >= 0.3 is 0 Å². The molecule has 6 nitrogen and oxygen atoms in total. The molecule has 0 aromatic heterocycles. The lowest BCUT2D eigenvalue weighted by Gasteiger charge is -2.37. The predicted octanol–water partition coefficient (Wildman–Crippen LogP) is 1.81. The number of hydrogen-bond donors (Lipinski definition) is 4. The normalized spacial score (nSPS) is 16.2. The molecule has 3 rings (SSSR count). The van der Waals surface area contributed by atoms with Crippen LogP contribution in [0.5, 0.6) is 0 Å². The quantitative estimate of drug-likeness (QED) is 0.458. The topological polar surface area (TPSA) is 88.2 Å². The highest BCUT2D eigenvalue weighted by Crippen LogP contribution is 2.34. The zero-order chi connectivity index (χ0) is 18.7. The van der Waals surface area contributed by atoms with Crippen molar-refractivity contribution >= 4 is 22.5 Å². The number of benzene rings is 2. The van der Waals surface area contributed by atoms with Gasteiger partial charge in [0.2, 0.25) is 0 Å². The zero-order valence-electron chi connectivity index (χ0n) is 15.1. The van der Waals surface area contributed by atoms with Gasteiger partial charge in [0.1, 0.15) is 0 Å². The van der Waals surface area contributed by atoms with Crippen molar-refractivity contribution in [3.05, 3.63) is 59.7 Å². The van der Waals surface area contributed by atoms with Gasteiger partial charge in [0.25, 0.3) is 0 Å². The highest BCUT2D eigenvalue weighted by molar-refractivity contribution is 7.78. The molecule has 0 spiro atoms. The van der Waals surface area contributed by atoms with Crippen LogP contribution < -0.4 is 21.3 Å². The van der Waals surface area contributed by atoms with E-state index in [2.05, 4.69) is 33.4 Å². The van der Waals surface area contributed by atoms with Crippen LogP contribution >= 0.6 is 0 Å². The SMILES string of the molecule is CNC1=CC(NC)(NC)Nc2ccc(-c3cccc(CS(=O)[O-])c3)cc21. The van der Waals surface area contributed by atoms with E-state index in [9.17, 15) is 8.76 Å². The van der Waals surface area contributed by atoms with Crippen LogP contribution in [0.1, 0.15) is 11.1 Å². The minimum absolute atomic E-state index is 0.0227. The number of anilines is 1. The zero-order valence-corrected chi connectivity index (χ0v) is 15.9. The van der Waals surface area contributed by atoms with Gasteiger partial charge in [-0.3, -0.25) is 14.8 Å². The summed E-state index contributed by atoms with van der Waals surface area (Å²) in [5, 5.41) is 13.2. The number of nitrogens with one attached hydrogen (secondary N) is 4. The molecule has 0 fully saturated rings. The Hall–Kier alpha value is -2.19. The fraction of sp³-hybridized carbons (Fsp3) is 0.263. The molecule has 0 aliphatic carbocycles. The van der Waals surface area contributed by atoms with Gasteiger partial charge in [-0.05, 0) is 49.0 Å². The second-order valence-electron chi connectivity index (χ2n) is 6.15. The molecular formula is C19H23N4O2S-. The lowest BCUT2D eigenvalue weighted by Crippen LogP contribution is -2.60. The van der Waals surface area contributed by atoms with E-state index in [1.165, 1.54) is 0 Å². The highest BCUT2D eigenvalue weighted by atomic mass is 32.2. The second-order valence-corrected chi connectivity index (χ2v) is 7.05. The molecule has 1 atom stereocenters. The fourth-order valence-electron chi connectivity index (χ4n) is 3.18. The molecule has 2 aromatic carbocycles. The van der Waals surface area contributed by atoms with Gasteiger partial charge in [-0.1, -0.05) is 41.4 Å². The molecule has 1 unspecified atom stereocenters. The molecule has 1 aliphatic heterocycles. The van der Waals surface area contributed by atoms with Crippen LogP contribution in [-0.4, -0.2) is 35.7 Å². The van der Waals surface area contributed by atoms with E-state index in [1.54, 1.807) is 0 Å². The maximum absolute atomic E-state index is 11.0. The van der Waals surface area contributed by atoms with Crippen LogP contribution in [0, 0.1) is 0 Å². The summed E-state index contributed by atoms with van der Waals surface area (Å²) in [6.07, 6.45) is 2.07. The van der Waals surface area contributed by atoms with Crippen LogP contribution in [0.4, 0.5) is 5.69 Å². The van der Waals surface area contributed by atoms with E-state index in [1.807, 2.05) is 57.5 Å². The third-order valence-electron chi connectivity index (χ3n) is 4.61. The van der Waals surface area contributed by atoms with Crippen molar-refractivity contribution in [2.24, 2.45) is 0 Å². The lowest BCUT2D eigenvalue weighted by molar-refractivity contribution is 0.424. The number of likely N-dealkylation sites (N-methyl/N-ethyl adjacent to an activating group) is 2. The van der Waals surface area contributed by atoms with Crippen molar-refractivity contribution in [2.75, 3.05) is 26.5 Å². The average molecular weight is 371 g/mol. The number of hydrogen-bond acceptors (Lipinski definition) is 6. The molecule has 1 aliphatic rings. The summed E-state index contributed by atoms with van der Waals surface area (Å²) >= 11 is -2.09. The Morgan fingerprint density at radius 2 is 1.81 bits per heavy atom. The third-order valence-corrected chi connectivity index (χ3v) is 5.17. The first-order valence-corrected chi connectivity index (χ1v) is 9.61. The molecule has 4 N–H and O–H groups in total. The maximum atomic E-state index is 11.0. The van der Waals surface area contributed by atoms with Crippen molar-refractivity contribution in [1.82, 2.24) is 16.0 Å². The van der Waals surface area contributed by atoms with Crippen LogP contribution in [0.2, 0.25) is 0 Å². The molecule has 138 valence electrons. The molecule has 1 heterocycles. The van der Waals surface area contributed by atoms with Gasteiger partial charge < -0.3 is 15.2 Å². The van der Waals surface area contributed by atoms with E-state index < -0.39 is 16.9 Å². The summed E-state index contributed by atoms with van der Waals surface area (Å²) in [7, 11) is 5.67. The molecular weight excluding hydrogens is 348 g/mol. The largest absolute Gasteiger partial charge is 0.772 e. The second kappa shape index (κ2) is 7.59. The first-order valence-electron chi connectivity index (χ1n) is 8.36. The Bertz CT molecular complexity index is 862. The molecule has 0 radical (unpaired) electrons. The van der Waals surface area contributed by atoms with E-state index >= 15 is 0 Å². The average Bonchev–Trinajstić information content (AvgIpc) is 2.66. The van der Waals surface area contributed by atoms with Gasteiger partial charge in [-0.15, -0.1) is 0 Å². The number of rotatable bonds is 6. The first kappa shape index (κ1) is 18.6. The van der Waals surface area contributed by atoms with Crippen molar-refractivity contribution < 1.29 is 8.76 Å². The summed E-state index contributed by atoms with van der Waals surface area (Å²) in [5.41, 5.74) is 5.86. The van der Waals surface area contributed by atoms with Gasteiger partial charge in [-0.2, -0.15) is 0 Å². The van der Waals surface area contributed by atoms with E-state index in [0.29, 0.717) is 0 Å². The highest BCUT2D eigenvalue weighted by Gasteiger charge is 2.29. The minimum atomic E-state index is -2.09. The Kier molecular flexibility index (Phi) is 5.43. The Balaban J connectivity index is 2.02. The number of fused-ring (bicyclic) bond motifs is 1. The van der Waals surface area contributed by atoms with Gasteiger partial charge in [0, 0.05) is 29.7 Å². The van der Waals surface area contributed by atoms with E-state index in [0.717, 1.165) is 33.6 Å². The van der Waals surface area contributed by atoms with E-state index in [-0.39, 0.29) is 5.75 Å². The fourth-order valence-corrected chi connectivity index (χ4v) is 3.63. The molecule has 0 saturated heterocycles.